The fourth-order valence-electron chi connectivity index (χ4n) is 3.11. The second kappa shape index (κ2) is 5.65. The number of hydrogen-bond acceptors (Lipinski definition) is 2. The molecule has 0 bridgehead atoms. The quantitative estimate of drug-likeness (QED) is 0.840. The Hall–Kier alpha value is -0.860. The van der Waals surface area contributed by atoms with Gasteiger partial charge in [0.15, 0.2) is 0 Å². The van der Waals surface area contributed by atoms with Gasteiger partial charge < -0.3 is 10.8 Å². The SMILES string of the molecule is NCCC(O)(c1ccccc1)C1CCCCC1. The summed E-state index contributed by atoms with van der Waals surface area (Å²) in [5, 5.41) is 11.0. The molecule has 17 heavy (non-hydrogen) atoms. The van der Waals surface area contributed by atoms with Crippen molar-refractivity contribution in [2.24, 2.45) is 11.7 Å². The first-order valence-corrected chi connectivity index (χ1v) is 6.75. The van der Waals surface area contributed by atoms with Crippen LogP contribution in [0.4, 0.5) is 0 Å². The average molecular weight is 233 g/mol. The third-order valence-corrected chi connectivity index (χ3v) is 4.08. The zero-order valence-electron chi connectivity index (χ0n) is 10.4. The van der Waals surface area contributed by atoms with Gasteiger partial charge >= 0.3 is 0 Å². The zero-order valence-corrected chi connectivity index (χ0v) is 10.4. The van der Waals surface area contributed by atoms with E-state index in [1.807, 2.05) is 30.3 Å². The third kappa shape index (κ3) is 2.70. The van der Waals surface area contributed by atoms with Gasteiger partial charge in [-0.05, 0) is 37.3 Å². The molecule has 0 spiro atoms. The van der Waals surface area contributed by atoms with Gasteiger partial charge in [-0.3, -0.25) is 0 Å². The van der Waals surface area contributed by atoms with Crippen LogP contribution in [0.2, 0.25) is 0 Å². The molecule has 1 aromatic rings. The lowest BCUT2D eigenvalue weighted by molar-refractivity contribution is -0.0440. The highest BCUT2D eigenvalue weighted by Crippen LogP contribution is 2.41. The predicted molar refractivity (Wildman–Crippen MR) is 70.6 cm³/mol. The summed E-state index contributed by atoms with van der Waals surface area (Å²) in [4.78, 5) is 0. The summed E-state index contributed by atoms with van der Waals surface area (Å²) >= 11 is 0. The minimum absolute atomic E-state index is 0.377. The Morgan fingerprint density at radius 3 is 2.35 bits per heavy atom. The van der Waals surface area contributed by atoms with E-state index in [2.05, 4.69) is 0 Å². The zero-order chi connectivity index (χ0) is 12.1. The molecule has 0 aromatic heterocycles. The van der Waals surface area contributed by atoms with E-state index in [0.29, 0.717) is 18.9 Å². The van der Waals surface area contributed by atoms with E-state index < -0.39 is 5.60 Å². The first-order valence-electron chi connectivity index (χ1n) is 6.75. The number of hydrogen-bond donors (Lipinski definition) is 2. The van der Waals surface area contributed by atoms with E-state index >= 15 is 0 Å². The first-order chi connectivity index (χ1) is 8.27. The van der Waals surface area contributed by atoms with Crippen molar-refractivity contribution in [3.63, 3.8) is 0 Å². The van der Waals surface area contributed by atoms with Crippen molar-refractivity contribution in [1.29, 1.82) is 0 Å². The Morgan fingerprint density at radius 2 is 1.76 bits per heavy atom. The number of nitrogens with two attached hydrogens (primary N) is 1. The highest BCUT2D eigenvalue weighted by atomic mass is 16.3. The summed E-state index contributed by atoms with van der Waals surface area (Å²) < 4.78 is 0. The molecule has 2 rings (SSSR count). The van der Waals surface area contributed by atoms with Crippen LogP contribution in [0.1, 0.15) is 44.1 Å². The molecule has 1 aliphatic rings. The molecule has 0 heterocycles. The molecule has 1 aromatic carbocycles. The summed E-state index contributed by atoms with van der Waals surface area (Å²) in [7, 11) is 0. The average Bonchev–Trinajstić information content (AvgIpc) is 2.41. The van der Waals surface area contributed by atoms with E-state index in [4.69, 9.17) is 5.73 Å². The van der Waals surface area contributed by atoms with Crippen molar-refractivity contribution < 1.29 is 5.11 Å². The first kappa shape index (κ1) is 12.6. The fourth-order valence-corrected chi connectivity index (χ4v) is 3.11. The minimum atomic E-state index is -0.712. The van der Waals surface area contributed by atoms with Crippen LogP contribution in [-0.2, 0) is 5.60 Å². The molecule has 0 amide bonds. The summed E-state index contributed by atoms with van der Waals surface area (Å²) in [6.07, 6.45) is 6.72. The molecule has 1 aliphatic carbocycles. The topological polar surface area (TPSA) is 46.2 Å². The molecule has 1 unspecified atom stereocenters. The minimum Gasteiger partial charge on any atom is -0.385 e. The van der Waals surface area contributed by atoms with Crippen molar-refractivity contribution in [2.45, 2.75) is 44.1 Å². The molecular formula is C15H23NO. The summed E-state index contributed by atoms with van der Waals surface area (Å²) in [6, 6.07) is 10.1. The van der Waals surface area contributed by atoms with Gasteiger partial charge in [0, 0.05) is 0 Å². The van der Waals surface area contributed by atoms with Gasteiger partial charge in [-0.25, -0.2) is 0 Å². The Bertz CT molecular complexity index is 332. The molecular weight excluding hydrogens is 210 g/mol. The molecule has 2 nitrogen and oxygen atoms in total. The van der Waals surface area contributed by atoms with Crippen LogP contribution in [0, 0.1) is 5.92 Å². The van der Waals surface area contributed by atoms with Crippen molar-refractivity contribution in [3.05, 3.63) is 35.9 Å². The molecule has 0 radical (unpaired) electrons. The summed E-state index contributed by atoms with van der Waals surface area (Å²) in [6.45, 7) is 0.544. The standard InChI is InChI=1S/C15H23NO/c16-12-11-15(17,13-7-3-1-4-8-13)14-9-5-2-6-10-14/h1,3-4,7-8,14,17H,2,5-6,9-12,16H2. The molecule has 1 fully saturated rings. The highest BCUT2D eigenvalue weighted by Gasteiger charge is 2.37. The van der Waals surface area contributed by atoms with E-state index in [-0.39, 0.29) is 0 Å². The maximum absolute atomic E-state index is 11.0. The van der Waals surface area contributed by atoms with E-state index in [1.165, 1.54) is 19.3 Å². The van der Waals surface area contributed by atoms with Crippen LogP contribution in [-0.4, -0.2) is 11.7 Å². The predicted octanol–water partition coefficient (Wildman–Crippen LogP) is 2.80. The van der Waals surface area contributed by atoms with Gasteiger partial charge in [0.1, 0.15) is 0 Å². The second-order valence-corrected chi connectivity index (χ2v) is 5.16. The lowest BCUT2D eigenvalue weighted by Crippen LogP contribution is -2.38. The van der Waals surface area contributed by atoms with Crippen LogP contribution in [0.5, 0.6) is 0 Å². The maximum atomic E-state index is 11.0. The van der Waals surface area contributed by atoms with Crippen molar-refractivity contribution in [1.82, 2.24) is 0 Å². The van der Waals surface area contributed by atoms with E-state index in [0.717, 1.165) is 18.4 Å². The Morgan fingerprint density at radius 1 is 1.12 bits per heavy atom. The van der Waals surface area contributed by atoms with Crippen LogP contribution >= 0.6 is 0 Å². The number of aliphatic hydroxyl groups is 1. The smallest absolute Gasteiger partial charge is 0.0936 e. The Balaban J connectivity index is 2.24. The van der Waals surface area contributed by atoms with Crippen LogP contribution < -0.4 is 5.73 Å². The van der Waals surface area contributed by atoms with Crippen molar-refractivity contribution in [3.8, 4) is 0 Å². The molecule has 1 atom stereocenters. The Kier molecular flexibility index (Phi) is 4.19. The van der Waals surface area contributed by atoms with Gasteiger partial charge in [-0.2, -0.15) is 0 Å². The van der Waals surface area contributed by atoms with Crippen LogP contribution in [0.3, 0.4) is 0 Å². The van der Waals surface area contributed by atoms with Crippen molar-refractivity contribution in [2.75, 3.05) is 6.54 Å². The van der Waals surface area contributed by atoms with Crippen LogP contribution in [0.25, 0.3) is 0 Å². The number of rotatable bonds is 4. The van der Waals surface area contributed by atoms with E-state index in [1.54, 1.807) is 0 Å². The monoisotopic (exact) mass is 233 g/mol. The van der Waals surface area contributed by atoms with Gasteiger partial charge in [0.05, 0.1) is 5.60 Å². The second-order valence-electron chi connectivity index (χ2n) is 5.16. The van der Waals surface area contributed by atoms with Crippen LogP contribution in [0.15, 0.2) is 30.3 Å². The maximum Gasteiger partial charge on any atom is 0.0936 e. The van der Waals surface area contributed by atoms with Crippen molar-refractivity contribution >= 4 is 0 Å². The van der Waals surface area contributed by atoms with Gasteiger partial charge in [0.2, 0.25) is 0 Å². The number of benzene rings is 1. The molecule has 3 N–H and O–H groups in total. The van der Waals surface area contributed by atoms with E-state index in [9.17, 15) is 5.11 Å². The lowest BCUT2D eigenvalue weighted by atomic mass is 9.72. The molecule has 1 saturated carbocycles. The van der Waals surface area contributed by atoms with Gasteiger partial charge in [0.25, 0.3) is 0 Å². The lowest BCUT2D eigenvalue weighted by Gasteiger charge is -2.39. The summed E-state index contributed by atoms with van der Waals surface area (Å²) in [5.41, 5.74) is 6.03. The largest absolute Gasteiger partial charge is 0.385 e. The normalized spacial score (nSPS) is 21.1. The van der Waals surface area contributed by atoms with Gasteiger partial charge in [-0.15, -0.1) is 0 Å². The third-order valence-electron chi connectivity index (χ3n) is 4.08. The van der Waals surface area contributed by atoms with Gasteiger partial charge in [-0.1, -0.05) is 49.6 Å². The molecule has 0 aliphatic heterocycles. The fraction of sp³-hybridized carbons (Fsp3) is 0.600. The summed E-state index contributed by atoms with van der Waals surface area (Å²) in [5.74, 6) is 0.377. The Labute approximate surface area is 104 Å². The highest BCUT2D eigenvalue weighted by molar-refractivity contribution is 5.23. The molecule has 0 saturated heterocycles. The molecule has 2 heteroatoms. The molecule has 94 valence electrons.